The lowest BCUT2D eigenvalue weighted by Gasteiger charge is -2.35. The Morgan fingerprint density at radius 3 is 2.65 bits per heavy atom. The monoisotopic (exact) mass is 301 g/mol. The summed E-state index contributed by atoms with van der Waals surface area (Å²) in [6.07, 6.45) is 5.22. The SMILES string of the molecule is O=C(C1C2CCCCC21)N1CCOCC1CBr. The Labute approximate surface area is 111 Å². The predicted molar refractivity (Wildman–Crippen MR) is 69.1 cm³/mol. The predicted octanol–water partition coefficient (Wildman–Crippen LogP) is 2.04. The molecule has 0 radical (unpaired) electrons. The van der Waals surface area contributed by atoms with Crippen LogP contribution in [-0.4, -0.2) is 41.9 Å². The smallest absolute Gasteiger partial charge is 0.226 e. The summed E-state index contributed by atoms with van der Waals surface area (Å²) in [5.74, 6) is 2.21. The van der Waals surface area contributed by atoms with Gasteiger partial charge in [0.2, 0.25) is 5.91 Å². The van der Waals surface area contributed by atoms with Gasteiger partial charge in [-0.2, -0.15) is 0 Å². The number of nitrogens with zero attached hydrogens (tertiary/aromatic N) is 1. The van der Waals surface area contributed by atoms with Crippen LogP contribution in [0.25, 0.3) is 0 Å². The Morgan fingerprint density at radius 2 is 2.00 bits per heavy atom. The van der Waals surface area contributed by atoms with Crippen molar-refractivity contribution in [3.05, 3.63) is 0 Å². The molecule has 3 aliphatic rings. The normalized spacial score (nSPS) is 40.9. The first-order chi connectivity index (χ1) is 8.33. The Kier molecular flexibility index (Phi) is 3.44. The molecule has 1 saturated heterocycles. The number of ether oxygens (including phenoxy) is 1. The zero-order chi connectivity index (χ0) is 11.8. The van der Waals surface area contributed by atoms with Crippen molar-refractivity contribution in [2.45, 2.75) is 31.7 Å². The average molecular weight is 302 g/mol. The molecule has 2 aliphatic carbocycles. The molecule has 0 bridgehead atoms. The van der Waals surface area contributed by atoms with Crippen LogP contribution < -0.4 is 0 Å². The highest BCUT2D eigenvalue weighted by molar-refractivity contribution is 9.09. The van der Waals surface area contributed by atoms with Crippen LogP contribution in [0, 0.1) is 17.8 Å². The molecule has 0 aromatic carbocycles. The van der Waals surface area contributed by atoms with E-state index in [0.717, 1.165) is 23.7 Å². The van der Waals surface area contributed by atoms with Gasteiger partial charge in [-0.05, 0) is 24.7 Å². The van der Waals surface area contributed by atoms with E-state index in [2.05, 4.69) is 20.8 Å². The van der Waals surface area contributed by atoms with E-state index in [-0.39, 0.29) is 6.04 Å². The summed E-state index contributed by atoms with van der Waals surface area (Å²) in [4.78, 5) is 14.6. The summed E-state index contributed by atoms with van der Waals surface area (Å²) in [6.45, 7) is 2.18. The van der Waals surface area contributed by atoms with E-state index in [4.69, 9.17) is 4.74 Å². The van der Waals surface area contributed by atoms with Crippen LogP contribution in [-0.2, 0) is 9.53 Å². The van der Waals surface area contributed by atoms with Gasteiger partial charge >= 0.3 is 0 Å². The fraction of sp³-hybridized carbons (Fsp3) is 0.923. The fourth-order valence-electron chi connectivity index (χ4n) is 3.62. The van der Waals surface area contributed by atoms with Crippen LogP contribution in [0.15, 0.2) is 0 Å². The highest BCUT2D eigenvalue weighted by atomic mass is 79.9. The van der Waals surface area contributed by atoms with E-state index in [1.807, 2.05) is 0 Å². The number of morpholine rings is 1. The first-order valence-corrected chi connectivity index (χ1v) is 7.89. The molecule has 17 heavy (non-hydrogen) atoms. The highest BCUT2D eigenvalue weighted by Crippen LogP contribution is 2.56. The van der Waals surface area contributed by atoms with Crippen molar-refractivity contribution in [2.24, 2.45) is 17.8 Å². The molecule has 0 spiro atoms. The number of hydrogen-bond acceptors (Lipinski definition) is 2. The Hall–Kier alpha value is -0.0900. The molecule has 0 aromatic rings. The lowest BCUT2D eigenvalue weighted by atomic mass is 10.0. The molecule has 3 fully saturated rings. The van der Waals surface area contributed by atoms with E-state index >= 15 is 0 Å². The molecule has 3 nitrogen and oxygen atoms in total. The Morgan fingerprint density at radius 1 is 1.29 bits per heavy atom. The van der Waals surface area contributed by atoms with Crippen molar-refractivity contribution in [3.8, 4) is 0 Å². The molecule has 2 saturated carbocycles. The molecule has 0 aromatic heterocycles. The van der Waals surface area contributed by atoms with Gasteiger partial charge in [0.15, 0.2) is 0 Å². The third-order valence-electron chi connectivity index (χ3n) is 4.63. The first kappa shape index (κ1) is 12.0. The van der Waals surface area contributed by atoms with Crippen LogP contribution in [0.3, 0.4) is 0 Å². The number of carbonyl (C=O) groups excluding carboxylic acids is 1. The number of alkyl halides is 1. The third kappa shape index (κ3) is 2.14. The van der Waals surface area contributed by atoms with Crippen LogP contribution in [0.5, 0.6) is 0 Å². The fourth-order valence-corrected chi connectivity index (χ4v) is 4.16. The number of hydrogen-bond donors (Lipinski definition) is 0. The molecule has 1 aliphatic heterocycles. The van der Waals surface area contributed by atoms with Crippen molar-refractivity contribution in [1.29, 1.82) is 0 Å². The minimum absolute atomic E-state index is 0.249. The van der Waals surface area contributed by atoms with Gasteiger partial charge in [-0.1, -0.05) is 28.8 Å². The quantitative estimate of drug-likeness (QED) is 0.731. The summed E-state index contributed by atoms with van der Waals surface area (Å²) < 4.78 is 5.45. The largest absolute Gasteiger partial charge is 0.377 e. The summed E-state index contributed by atoms with van der Waals surface area (Å²) in [5.41, 5.74) is 0. The average Bonchev–Trinajstić information content (AvgIpc) is 3.12. The van der Waals surface area contributed by atoms with Crippen LogP contribution in [0.4, 0.5) is 0 Å². The topological polar surface area (TPSA) is 29.5 Å². The molecule has 96 valence electrons. The molecule has 3 rings (SSSR count). The van der Waals surface area contributed by atoms with Gasteiger partial charge in [0.25, 0.3) is 0 Å². The van der Waals surface area contributed by atoms with Crippen molar-refractivity contribution in [3.63, 3.8) is 0 Å². The second-order valence-corrected chi connectivity index (χ2v) is 6.20. The number of halogens is 1. The molecule has 1 heterocycles. The second kappa shape index (κ2) is 4.88. The number of rotatable bonds is 2. The van der Waals surface area contributed by atoms with Gasteiger partial charge in [0, 0.05) is 17.8 Å². The summed E-state index contributed by atoms with van der Waals surface area (Å²) >= 11 is 3.49. The zero-order valence-corrected chi connectivity index (χ0v) is 11.7. The van der Waals surface area contributed by atoms with Gasteiger partial charge in [-0.15, -0.1) is 0 Å². The highest BCUT2D eigenvalue weighted by Gasteiger charge is 2.56. The number of carbonyl (C=O) groups is 1. The Balaban J connectivity index is 1.65. The van der Waals surface area contributed by atoms with E-state index in [1.54, 1.807) is 0 Å². The van der Waals surface area contributed by atoms with Crippen molar-refractivity contribution in [2.75, 3.05) is 25.1 Å². The van der Waals surface area contributed by atoms with Gasteiger partial charge in [-0.3, -0.25) is 4.79 Å². The van der Waals surface area contributed by atoms with Gasteiger partial charge in [0.05, 0.1) is 19.3 Å². The van der Waals surface area contributed by atoms with Crippen LogP contribution >= 0.6 is 15.9 Å². The molecule has 3 atom stereocenters. The van der Waals surface area contributed by atoms with Crippen molar-refractivity contribution in [1.82, 2.24) is 4.90 Å². The molecule has 4 heteroatoms. The number of fused-ring (bicyclic) bond motifs is 1. The molecular weight excluding hydrogens is 282 g/mol. The minimum Gasteiger partial charge on any atom is -0.377 e. The minimum atomic E-state index is 0.249. The van der Waals surface area contributed by atoms with Crippen LogP contribution in [0.1, 0.15) is 25.7 Å². The van der Waals surface area contributed by atoms with Gasteiger partial charge in [0.1, 0.15) is 0 Å². The number of amides is 1. The molecular formula is C13H20BrNO2. The third-order valence-corrected chi connectivity index (χ3v) is 5.38. The lowest BCUT2D eigenvalue weighted by Crippen LogP contribution is -2.50. The van der Waals surface area contributed by atoms with Crippen LogP contribution in [0.2, 0.25) is 0 Å². The molecule has 3 unspecified atom stereocenters. The summed E-state index contributed by atoms with van der Waals surface area (Å²) in [7, 11) is 0. The maximum atomic E-state index is 12.5. The maximum absolute atomic E-state index is 12.5. The summed E-state index contributed by atoms with van der Waals surface area (Å²) in [6, 6.07) is 0.249. The van der Waals surface area contributed by atoms with Gasteiger partial charge < -0.3 is 9.64 Å². The van der Waals surface area contributed by atoms with E-state index in [9.17, 15) is 4.79 Å². The van der Waals surface area contributed by atoms with Gasteiger partial charge in [-0.25, -0.2) is 0 Å². The molecule has 1 amide bonds. The lowest BCUT2D eigenvalue weighted by molar-refractivity contribution is -0.140. The van der Waals surface area contributed by atoms with E-state index < -0.39 is 0 Å². The zero-order valence-electron chi connectivity index (χ0n) is 10.1. The van der Waals surface area contributed by atoms with E-state index in [1.165, 1.54) is 25.7 Å². The first-order valence-electron chi connectivity index (χ1n) is 6.77. The standard InChI is InChI=1S/C13H20BrNO2/c14-7-9-8-17-6-5-15(9)13(16)12-10-3-1-2-4-11(10)12/h9-12H,1-8H2. The maximum Gasteiger partial charge on any atom is 0.226 e. The second-order valence-electron chi connectivity index (χ2n) is 5.55. The van der Waals surface area contributed by atoms with Crippen molar-refractivity contribution < 1.29 is 9.53 Å². The summed E-state index contributed by atoms with van der Waals surface area (Å²) in [5, 5.41) is 0.834. The van der Waals surface area contributed by atoms with E-state index in [0.29, 0.717) is 25.0 Å². The van der Waals surface area contributed by atoms with Crippen molar-refractivity contribution >= 4 is 21.8 Å². The molecule has 0 N–H and O–H groups in total. The Bertz CT molecular complexity index is 298.